The first-order valence-corrected chi connectivity index (χ1v) is 25.3. The summed E-state index contributed by atoms with van der Waals surface area (Å²) in [5.74, 6) is 0. The summed E-state index contributed by atoms with van der Waals surface area (Å²) in [5, 5.41) is 5.51. The van der Waals surface area contributed by atoms with Crippen LogP contribution in [0.25, 0.3) is 43.8 Å². The summed E-state index contributed by atoms with van der Waals surface area (Å²) in [6.45, 7) is 22.5. The molecule has 0 atom stereocenters. The van der Waals surface area contributed by atoms with Crippen LogP contribution in [0.4, 0.5) is 0 Å². The van der Waals surface area contributed by atoms with Gasteiger partial charge in [0.25, 0.3) is 0 Å². The summed E-state index contributed by atoms with van der Waals surface area (Å²) < 4.78 is 0. The Labute approximate surface area is 312 Å². The number of halogens is 2. The molecule has 0 saturated heterocycles. The maximum absolute atomic E-state index is 4.93. The van der Waals surface area contributed by atoms with Crippen LogP contribution >= 0.6 is 17.0 Å². The van der Waals surface area contributed by atoms with Gasteiger partial charge in [-0.25, -0.2) is 0 Å². The Balaban J connectivity index is 0.000000224. The Kier molecular flexibility index (Phi) is 15.7. The van der Waals surface area contributed by atoms with E-state index in [9.17, 15) is 0 Å². The molecule has 0 heterocycles. The third kappa shape index (κ3) is 10.4. The second-order valence-electron chi connectivity index (χ2n) is 14.2. The van der Waals surface area contributed by atoms with Crippen LogP contribution in [0.2, 0.25) is 13.1 Å². The zero-order valence-corrected chi connectivity index (χ0v) is 35.5. The molecule has 0 aliphatic heterocycles. The van der Waals surface area contributed by atoms with Crippen molar-refractivity contribution in [2.75, 3.05) is 0 Å². The van der Waals surface area contributed by atoms with Crippen molar-refractivity contribution in [1.29, 1.82) is 0 Å². The molecule has 0 aliphatic rings. The average molecular weight is 771 g/mol. The van der Waals surface area contributed by atoms with Crippen LogP contribution in [0.5, 0.6) is 0 Å². The van der Waals surface area contributed by atoms with Crippen LogP contribution < -0.4 is 0 Å². The molecule has 6 aromatic carbocycles. The van der Waals surface area contributed by atoms with Gasteiger partial charge < -0.3 is 0 Å². The Hall–Kier alpha value is -2.22. The first-order valence-electron chi connectivity index (χ1n) is 17.0. The molecule has 6 rings (SSSR count). The first kappa shape index (κ1) is 40.2. The van der Waals surface area contributed by atoms with E-state index in [1.165, 1.54) is 66.1 Å². The fourth-order valence-electron chi connectivity index (χ4n) is 6.18. The second-order valence-corrected chi connectivity index (χ2v) is 19.0. The Morgan fingerprint density at radius 1 is 0.562 bits per heavy atom. The van der Waals surface area contributed by atoms with Gasteiger partial charge in [-0.15, -0.1) is 69.1 Å². The Bertz CT molecular complexity index is 1700. The van der Waals surface area contributed by atoms with Crippen molar-refractivity contribution in [1.82, 2.24) is 0 Å². The average Bonchev–Trinajstić information content (AvgIpc) is 3.69. The molecule has 4 heteroatoms. The monoisotopic (exact) mass is 768 g/mol. The van der Waals surface area contributed by atoms with Gasteiger partial charge in [-0.2, -0.15) is 12.1 Å². The summed E-state index contributed by atoms with van der Waals surface area (Å²) in [4.78, 5) is 0. The van der Waals surface area contributed by atoms with Crippen molar-refractivity contribution in [3.05, 3.63) is 131 Å². The van der Waals surface area contributed by atoms with Crippen LogP contribution in [-0.2, 0) is 44.5 Å². The van der Waals surface area contributed by atoms with E-state index in [1.807, 2.05) is 0 Å². The zero-order chi connectivity index (χ0) is 35.5. The van der Waals surface area contributed by atoms with Crippen molar-refractivity contribution in [2.24, 2.45) is 0 Å². The van der Waals surface area contributed by atoms with E-state index >= 15 is 0 Å². The summed E-state index contributed by atoms with van der Waals surface area (Å²) >= 11 is -0.826. The van der Waals surface area contributed by atoms with E-state index in [0.717, 1.165) is 22.4 Å². The van der Waals surface area contributed by atoms with Crippen molar-refractivity contribution >= 4 is 48.1 Å². The minimum atomic E-state index is -0.826. The van der Waals surface area contributed by atoms with E-state index < -0.39 is 20.8 Å². The second kappa shape index (κ2) is 18.7. The van der Waals surface area contributed by atoms with Gasteiger partial charge in [0.1, 0.15) is 0 Å². The summed E-state index contributed by atoms with van der Waals surface area (Å²) in [6.07, 6.45) is 2.18. The molecule has 0 bridgehead atoms. The number of hydrogen-bond acceptors (Lipinski definition) is 0. The molecule has 250 valence electrons. The molecule has 0 N–H and O–H groups in total. The minimum absolute atomic E-state index is 0.142. The molecule has 48 heavy (non-hydrogen) atoms. The van der Waals surface area contributed by atoms with Crippen molar-refractivity contribution in [3.8, 4) is 22.3 Å². The third-order valence-corrected chi connectivity index (χ3v) is 8.46. The topological polar surface area (TPSA) is 0 Å². The number of aryl methyl sites for hydroxylation is 2. The van der Waals surface area contributed by atoms with Gasteiger partial charge in [-0.3, -0.25) is 0 Å². The summed E-state index contributed by atoms with van der Waals surface area (Å²) in [7, 11) is 11.0. The predicted molar refractivity (Wildman–Crippen MR) is 215 cm³/mol. The fourth-order valence-corrected chi connectivity index (χ4v) is 6.18. The Morgan fingerprint density at radius 3 is 1.15 bits per heavy atom. The van der Waals surface area contributed by atoms with Gasteiger partial charge in [0, 0.05) is 9.52 Å². The van der Waals surface area contributed by atoms with E-state index in [0.29, 0.717) is 0 Å². The van der Waals surface area contributed by atoms with E-state index in [2.05, 4.69) is 178 Å². The van der Waals surface area contributed by atoms with Crippen molar-refractivity contribution in [3.63, 3.8) is 0 Å². The van der Waals surface area contributed by atoms with Gasteiger partial charge in [-0.05, 0) is 34.8 Å². The summed E-state index contributed by atoms with van der Waals surface area (Å²) in [5.41, 5.74) is 11.4. The number of hydrogen-bond donors (Lipinski definition) is 0. The van der Waals surface area contributed by atoms with Gasteiger partial charge in [-0.1, -0.05) is 151 Å². The number of rotatable bonds is 4. The van der Waals surface area contributed by atoms with Crippen molar-refractivity contribution in [2.45, 2.75) is 92.2 Å². The first-order chi connectivity index (χ1) is 22.8. The van der Waals surface area contributed by atoms with E-state index in [4.69, 9.17) is 17.0 Å². The van der Waals surface area contributed by atoms with Gasteiger partial charge in [0.2, 0.25) is 0 Å². The van der Waals surface area contributed by atoms with Crippen LogP contribution in [0.3, 0.4) is 0 Å². The van der Waals surface area contributed by atoms with Crippen molar-refractivity contribution < 1.29 is 20.8 Å². The molecule has 0 spiro atoms. The maximum atomic E-state index is 4.93. The molecule has 0 saturated carbocycles. The predicted octanol–water partition coefficient (Wildman–Crippen LogP) is 14.3. The molecule has 2 radical (unpaired) electrons. The van der Waals surface area contributed by atoms with Crippen LogP contribution in [0, 0.1) is 0 Å². The third-order valence-electron chi connectivity index (χ3n) is 8.46. The molecular formula is C44H52Cl2SiZr. The van der Waals surface area contributed by atoms with Gasteiger partial charge in [0.15, 0.2) is 0 Å². The number of fused-ring (bicyclic) bond motifs is 2. The molecule has 0 aliphatic carbocycles. The summed E-state index contributed by atoms with van der Waals surface area (Å²) in [6, 6.07) is 40.2. The normalized spacial score (nSPS) is 11.1. The van der Waals surface area contributed by atoms with Gasteiger partial charge >= 0.3 is 37.9 Å². The molecule has 0 fully saturated rings. The molecule has 6 aromatic rings. The number of benzene rings is 4. The molecule has 0 nitrogen and oxygen atoms in total. The molecule has 0 amide bonds. The van der Waals surface area contributed by atoms with Crippen LogP contribution in [0.15, 0.2) is 109 Å². The SMILES string of the molecule is CCc1cc2c(-c3ccccc3)c(C(C)(C)C)ccc2[cH-]1.CCc1cc2c(-c3ccccc3)c(C(C)(C)C)ccc2[cH-]1.C[Si]C.[Cl][Zr+2][Cl]. The standard InChI is InChI=1S/2C21H23.C2H6Si.2ClH.Zr/c2*1-5-15-13-17-11-12-19(21(2,3)4)20(18(17)14-15)16-9-7-6-8-10-16;1-3-2;;;/h2*6-14H,5H2,1-4H3;1-2H3;2*1H;/q2*-1;;;;+4/p-2. The fraction of sp³-hybridized carbons (Fsp3) is 0.318. The Morgan fingerprint density at radius 2 is 0.875 bits per heavy atom. The van der Waals surface area contributed by atoms with E-state index in [1.54, 1.807) is 0 Å². The van der Waals surface area contributed by atoms with Gasteiger partial charge in [0.05, 0.1) is 0 Å². The molecule has 0 aromatic heterocycles. The molecule has 0 unspecified atom stereocenters. The van der Waals surface area contributed by atoms with E-state index in [-0.39, 0.29) is 10.8 Å². The quantitative estimate of drug-likeness (QED) is 0.124. The zero-order valence-electron chi connectivity index (χ0n) is 30.6. The van der Waals surface area contributed by atoms with Crippen LogP contribution in [-0.4, -0.2) is 9.52 Å². The van der Waals surface area contributed by atoms with Crippen LogP contribution in [0.1, 0.15) is 77.6 Å². The molecular weight excluding hydrogens is 719 g/mol.